The summed E-state index contributed by atoms with van der Waals surface area (Å²) in [7, 11) is 2.81. The maximum Gasteiger partial charge on any atom is 0.337 e. The summed E-state index contributed by atoms with van der Waals surface area (Å²) in [6.45, 7) is 0. The van der Waals surface area contributed by atoms with Gasteiger partial charge in [-0.25, -0.2) is 9.18 Å². The fraction of sp³-hybridized carbons (Fsp3) is 0.222. The molecule has 0 saturated carbocycles. The van der Waals surface area contributed by atoms with E-state index in [0.717, 1.165) is 16.1 Å². The highest BCUT2D eigenvalue weighted by Crippen LogP contribution is 2.26. The van der Waals surface area contributed by atoms with Crippen LogP contribution in [0.1, 0.15) is 22.3 Å². The molecule has 0 radical (unpaired) electrons. The number of rotatable bonds is 6. The highest BCUT2D eigenvalue weighted by Gasteiger charge is 2.12. The fourth-order valence-corrected chi connectivity index (χ4v) is 2.79. The van der Waals surface area contributed by atoms with E-state index in [9.17, 15) is 14.0 Å². The largest absolute Gasteiger partial charge is 0.496 e. The van der Waals surface area contributed by atoms with Gasteiger partial charge in [-0.2, -0.15) is 0 Å². The summed E-state index contributed by atoms with van der Waals surface area (Å²) in [5, 5.41) is 2.48. The molecule has 2 rings (SSSR count). The molecule has 0 atom stereocenters. The number of ether oxygens (including phenoxy) is 2. The highest BCUT2D eigenvalue weighted by atomic mass is 79.9. The van der Waals surface area contributed by atoms with Crippen LogP contribution in [0.2, 0.25) is 0 Å². The molecular formula is C18H17BrFNO4. The molecule has 0 fully saturated rings. The van der Waals surface area contributed by atoms with Crippen molar-refractivity contribution in [3.05, 3.63) is 57.8 Å². The zero-order valence-electron chi connectivity index (χ0n) is 13.8. The third kappa shape index (κ3) is 5.03. The lowest BCUT2D eigenvalue weighted by Gasteiger charge is -2.09. The Labute approximate surface area is 153 Å². The second-order valence-corrected chi connectivity index (χ2v) is 6.06. The molecule has 2 aromatic rings. The molecule has 25 heavy (non-hydrogen) atoms. The first-order valence-corrected chi connectivity index (χ1v) is 8.24. The minimum atomic E-state index is -0.617. The Kier molecular flexibility index (Phi) is 6.52. The van der Waals surface area contributed by atoms with Crippen LogP contribution in [0.25, 0.3) is 0 Å². The van der Waals surface area contributed by atoms with Crippen molar-refractivity contribution < 1.29 is 23.5 Å². The monoisotopic (exact) mass is 409 g/mol. The third-order valence-electron chi connectivity index (χ3n) is 3.52. The van der Waals surface area contributed by atoms with E-state index in [-0.39, 0.29) is 23.6 Å². The average molecular weight is 410 g/mol. The van der Waals surface area contributed by atoms with Crippen LogP contribution in [0.15, 0.2) is 40.9 Å². The molecule has 5 nitrogen and oxygen atoms in total. The summed E-state index contributed by atoms with van der Waals surface area (Å²) in [5.41, 5.74) is 1.05. The average Bonchev–Trinajstić information content (AvgIpc) is 2.61. The maximum absolute atomic E-state index is 13.8. The van der Waals surface area contributed by atoms with Crippen molar-refractivity contribution in [1.29, 1.82) is 0 Å². The van der Waals surface area contributed by atoms with E-state index >= 15 is 0 Å². The number of hydrogen-bond donors (Lipinski definition) is 1. The molecule has 0 heterocycles. The fourth-order valence-electron chi connectivity index (χ4n) is 2.20. The lowest BCUT2D eigenvalue weighted by Crippen LogP contribution is -2.14. The van der Waals surface area contributed by atoms with Gasteiger partial charge in [0.2, 0.25) is 5.91 Å². The van der Waals surface area contributed by atoms with Crippen molar-refractivity contribution >= 4 is 33.5 Å². The molecule has 0 aliphatic rings. The van der Waals surface area contributed by atoms with Crippen molar-refractivity contribution in [1.82, 2.24) is 0 Å². The SMILES string of the molecule is COC(=O)c1ccc(F)c(NC(=O)CCc2ccc(OC)c(Br)c2)c1. The van der Waals surface area contributed by atoms with E-state index in [0.29, 0.717) is 12.2 Å². The van der Waals surface area contributed by atoms with Gasteiger partial charge < -0.3 is 14.8 Å². The van der Waals surface area contributed by atoms with E-state index in [1.165, 1.54) is 19.2 Å². The van der Waals surface area contributed by atoms with E-state index in [2.05, 4.69) is 26.0 Å². The minimum Gasteiger partial charge on any atom is -0.496 e. The van der Waals surface area contributed by atoms with Crippen LogP contribution in [-0.2, 0) is 16.0 Å². The smallest absolute Gasteiger partial charge is 0.337 e. The van der Waals surface area contributed by atoms with Gasteiger partial charge in [-0.1, -0.05) is 6.07 Å². The first-order chi connectivity index (χ1) is 11.9. The van der Waals surface area contributed by atoms with Gasteiger partial charge >= 0.3 is 5.97 Å². The molecule has 1 amide bonds. The first kappa shape index (κ1) is 18.9. The molecule has 0 aliphatic carbocycles. The summed E-state index contributed by atoms with van der Waals surface area (Å²) in [6, 6.07) is 9.19. The summed E-state index contributed by atoms with van der Waals surface area (Å²) >= 11 is 3.39. The molecule has 132 valence electrons. The standard InChI is InChI=1S/C18H17BrFNO4/c1-24-16-7-3-11(9-13(16)19)4-8-17(22)21-15-10-12(18(23)25-2)5-6-14(15)20/h3,5-7,9-10H,4,8H2,1-2H3,(H,21,22). The zero-order chi connectivity index (χ0) is 18.4. The van der Waals surface area contributed by atoms with Gasteiger partial charge in [-0.05, 0) is 58.2 Å². The molecule has 0 bridgehead atoms. The quantitative estimate of drug-likeness (QED) is 0.733. The van der Waals surface area contributed by atoms with Crippen LogP contribution >= 0.6 is 15.9 Å². The van der Waals surface area contributed by atoms with Gasteiger partial charge in [0.1, 0.15) is 11.6 Å². The summed E-state index contributed by atoms with van der Waals surface area (Å²) in [4.78, 5) is 23.6. The summed E-state index contributed by atoms with van der Waals surface area (Å²) in [5.74, 6) is -0.866. The number of anilines is 1. The number of carbonyl (C=O) groups excluding carboxylic acids is 2. The van der Waals surface area contributed by atoms with Crippen molar-refractivity contribution in [2.24, 2.45) is 0 Å². The van der Waals surface area contributed by atoms with E-state index in [4.69, 9.17) is 4.74 Å². The molecule has 0 unspecified atom stereocenters. The summed E-state index contributed by atoms with van der Waals surface area (Å²) in [6.07, 6.45) is 0.646. The maximum atomic E-state index is 13.8. The van der Waals surface area contributed by atoms with E-state index in [1.807, 2.05) is 12.1 Å². The highest BCUT2D eigenvalue weighted by molar-refractivity contribution is 9.10. The molecular weight excluding hydrogens is 393 g/mol. The van der Waals surface area contributed by atoms with Crippen LogP contribution in [0.4, 0.5) is 10.1 Å². The second kappa shape index (κ2) is 8.62. The Bertz CT molecular complexity index is 795. The summed E-state index contributed by atoms with van der Waals surface area (Å²) < 4.78 is 24.3. The van der Waals surface area contributed by atoms with Gasteiger partial charge in [-0.3, -0.25) is 4.79 Å². The van der Waals surface area contributed by atoms with Crippen LogP contribution in [-0.4, -0.2) is 26.1 Å². The van der Waals surface area contributed by atoms with Crippen LogP contribution in [0.3, 0.4) is 0 Å². The van der Waals surface area contributed by atoms with Gasteiger partial charge in [0, 0.05) is 6.42 Å². The van der Waals surface area contributed by atoms with Gasteiger partial charge in [0.15, 0.2) is 0 Å². The Balaban J connectivity index is 2.00. The number of nitrogens with one attached hydrogen (secondary N) is 1. The molecule has 0 aromatic heterocycles. The predicted octanol–water partition coefficient (Wildman–Crippen LogP) is 3.95. The molecule has 0 aliphatic heterocycles. The molecule has 0 saturated heterocycles. The number of halogens is 2. The molecule has 2 aromatic carbocycles. The van der Waals surface area contributed by atoms with E-state index < -0.39 is 11.8 Å². The zero-order valence-corrected chi connectivity index (χ0v) is 15.4. The van der Waals surface area contributed by atoms with Gasteiger partial charge in [0.25, 0.3) is 0 Å². The number of hydrogen-bond acceptors (Lipinski definition) is 4. The Morgan fingerprint density at radius 1 is 1.16 bits per heavy atom. The lowest BCUT2D eigenvalue weighted by atomic mass is 10.1. The number of benzene rings is 2. The Hall–Kier alpha value is -2.41. The Morgan fingerprint density at radius 3 is 2.56 bits per heavy atom. The topological polar surface area (TPSA) is 64.6 Å². The van der Waals surface area contributed by atoms with Crippen molar-refractivity contribution in [3.8, 4) is 5.75 Å². The number of methoxy groups -OCH3 is 2. The van der Waals surface area contributed by atoms with Crippen LogP contribution in [0.5, 0.6) is 5.75 Å². The van der Waals surface area contributed by atoms with Crippen LogP contribution in [0, 0.1) is 5.82 Å². The minimum absolute atomic E-state index is 0.0520. The Morgan fingerprint density at radius 2 is 1.92 bits per heavy atom. The second-order valence-electron chi connectivity index (χ2n) is 5.20. The van der Waals surface area contributed by atoms with Gasteiger partial charge in [0.05, 0.1) is 29.9 Å². The van der Waals surface area contributed by atoms with Crippen LogP contribution < -0.4 is 10.1 Å². The number of carbonyl (C=O) groups is 2. The first-order valence-electron chi connectivity index (χ1n) is 7.44. The third-order valence-corrected chi connectivity index (χ3v) is 4.14. The number of amides is 1. The molecule has 1 N–H and O–H groups in total. The van der Waals surface area contributed by atoms with Crippen molar-refractivity contribution in [2.75, 3.05) is 19.5 Å². The number of aryl methyl sites for hydroxylation is 1. The van der Waals surface area contributed by atoms with Crippen molar-refractivity contribution in [3.63, 3.8) is 0 Å². The normalized spacial score (nSPS) is 10.2. The van der Waals surface area contributed by atoms with Gasteiger partial charge in [-0.15, -0.1) is 0 Å². The predicted molar refractivity (Wildman–Crippen MR) is 95.4 cm³/mol. The van der Waals surface area contributed by atoms with E-state index in [1.54, 1.807) is 13.2 Å². The molecule has 0 spiro atoms. The lowest BCUT2D eigenvalue weighted by molar-refractivity contribution is -0.116. The number of esters is 1. The van der Waals surface area contributed by atoms with Crippen molar-refractivity contribution in [2.45, 2.75) is 12.8 Å². The molecule has 7 heteroatoms.